The topological polar surface area (TPSA) is 82.6 Å². The lowest BCUT2D eigenvalue weighted by molar-refractivity contribution is 0.297. The average Bonchev–Trinajstić information content (AvgIpc) is 3.13. The summed E-state index contributed by atoms with van der Waals surface area (Å²) in [5.41, 5.74) is 1.80. The Bertz CT molecular complexity index is 991. The Morgan fingerprint density at radius 3 is 2.70 bits per heavy atom. The first kappa shape index (κ1) is 17.2. The standard InChI is InChI=1S/C18H20ClN7S/c1-3-12-15(19)14-16(23-12)24-18(27-11-5-20-9(2)21-6-11)25-17(14)26-7-10-4-22-13(10)8-26/h5-6,10,13,22H,3-4,7-8H2,1-2H3,(H,23,24,25). The van der Waals surface area contributed by atoms with Crippen LogP contribution in [0.15, 0.2) is 22.4 Å². The van der Waals surface area contributed by atoms with Crippen LogP contribution in [0.1, 0.15) is 18.4 Å². The summed E-state index contributed by atoms with van der Waals surface area (Å²) in [5, 5.41) is 5.85. The van der Waals surface area contributed by atoms with E-state index in [4.69, 9.17) is 21.6 Å². The van der Waals surface area contributed by atoms with Crippen LogP contribution in [0.4, 0.5) is 5.82 Å². The summed E-state index contributed by atoms with van der Waals surface area (Å²) >= 11 is 8.15. The van der Waals surface area contributed by atoms with Crippen molar-refractivity contribution < 1.29 is 0 Å². The zero-order valence-electron chi connectivity index (χ0n) is 15.2. The molecule has 7 nitrogen and oxygen atoms in total. The van der Waals surface area contributed by atoms with Crippen LogP contribution in [0.5, 0.6) is 0 Å². The van der Waals surface area contributed by atoms with Crippen molar-refractivity contribution in [2.45, 2.75) is 36.4 Å². The van der Waals surface area contributed by atoms with E-state index in [2.05, 4.69) is 32.1 Å². The Hall–Kier alpha value is -1.90. The summed E-state index contributed by atoms with van der Waals surface area (Å²) in [4.78, 5) is 24.8. The number of anilines is 1. The van der Waals surface area contributed by atoms with Crippen molar-refractivity contribution in [3.63, 3.8) is 0 Å². The number of hydrogen-bond donors (Lipinski definition) is 2. The van der Waals surface area contributed by atoms with Gasteiger partial charge in [-0.2, -0.15) is 0 Å². The van der Waals surface area contributed by atoms with Crippen molar-refractivity contribution in [1.82, 2.24) is 30.2 Å². The van der Waals surface area contributed by atoms with Crippen LogP contribution >= 0.6 is 23.4 Å². The largest absolute Gasteiger partial charge is 0.354 e. The molecule has 0 amide bonds. The highest BCUT2D eigenvalue weighted by atomic mass is 35.5. The van der Waals surface area contributed by atoms with Crippen molar-refractivity contribution >= 4 is 40.2 Å². The van der Waals surface area contributed by atoms with Crippen LogP contribution in [0, 0.1) is 12.8 Å². The zero-order valence-corrected chi connectivity index (χ0v) is 16.7. The second-order valence-electron chi connectivity index (χ2n) is 7.07. The maximum atomic E-state index is 6.68. The second kappa shape index (κ2) is 6.61. The van der Waals surface area contributed by atoms with E-state index in [0.717, 1.165) is 64.3 Å². The van der Waals surface area contributed by atoms with Crippen molar-refractivity contribution in [1.29, 1.82) is 0 Å². The predicted molar refractivity (Wildman–Crippen MR) is 107 cm³/mol. The molecule has 2 fully saturated rings. The fourth-order valence-corrected chi connectivity index (χ4v) is 4.80. The van der Waals surface area contributed by atoms with E-state index in [1.807, 2.05) is 6.92 Å². The summed E-state index contributed by atoms with van der Waals surface area (Å²) in [5.74, 6) is 2.37. The third-order valence-corrected chi connectivity index (χ3v) is 6.55. The highest BCUT2D eigenvalue weighted by molar-refractivity contribution is 7.99. The quantitative estimate of drug-likeness (QED) is 0.650. The van der Waals surface area contributed by atoms with Gasteiger partial charge in [0.15, 0.2) is 5.16 Å². The minimum Gasteiger partial charge on any atom is -0.354 e. The van der Waals surface area contributed by atoms with E-state index >= 15 is 0 Å². The van der Waals surface area contributed by atoms with Crippen molar-refractivity contribution in [3.05, 3.63) is 28.9 Å². The van der Waals surface area contributed by atoms with Gasteiger partial charge >= 0.3 is 0 Å². The molecule has 27 heavy (non-hydrogen) atoms. The predicted octanol–water partition coefficient (Wildman–Crippen LogP) is 2.83. The van der Waals surface area contributed by atoms with E-state index in [-0.39, 0.29) is 0 Å². The number of aromatic nitrogens is 5. The highest BCUT2D eigenvalue weighted by Crippen LogP contribution is 2.38. The number of H-pyrrole nitrogens is 1. The number of hydrogen-bond acceptors (Lipinski definition) is 7. The average molecular weight is 402 g/mol. The molecule has 2 aliphatic rings. The van der Waals surface area contributed by atoms with E-state index in [1.165, 1.54) is 11.8 Å². The molecule has 2 atom stereocenters. The summed E-state index contributed by atoms with van der Waals surface area (Å²) in [6.07, 6.45) is 4.44. The smallest absolute Gasteiger partial charge is 0.196 e. The molecule has 0 bridgehead atoms. The Balaban J connectivity index is 1.59. The van der Waals surface area contributed by atoms with Gasteiger partial charge in [-0.15, -0.1) is 0 Å². The number of halogens is 1. The summed E-state index contributed by atoms with van der Waals surface area (Å²) in [6.45, 7) is 7.00. The second-order valence-corrected chi connectivity index (χ2v) is 8.49. The van der Waals surface area contributed by atoms with Gasteiger partial charge in [0.2, 0.25) is 0 Å². The molecule has 2 aliphatic heterocycles. The monoisotopic (exact) mass is 401 g/mol. The zero-order chi connectivity index (χ0) is 18.5. The highest BCUT2D eigenvalue weighted by Gasteiger charge is 2.40. The lowest BCUT2D eigenvalue weighted by atomic mass is 9.96. The molecule has 0 spiro atoms. The van der Waals surface area contributed by atoms with Crippen LogP contribution in [-0.2, 0) is 6.42 Å². The molecule has 2 saturated heterocycles. The number of aryl methyl sites for hydroxylation is 2. The van der Waals surface area contributed by atoms with Crippen molar-refractivity contribution in [3.8, 4) is 0 Å². The van der Waals surface area contributed by atoms with E-state index in [9.17, 15) is 0 Å². The molecule has 0 aliphatic carbocycles. The maximum Gasteiger partial charge on any atom is 0.196 e. The third-order valence-electron chi connectivity index (χ3n) is 5.33. The van der Waals surface area contributed by atoms with Crippen molar-refractivity contribution in [2.24, 2.45) is 5.92 Å². The number of aromatic amines is 1. The lowest BCUT2D eigenvalue weighted by Gasteiger charge is -2.29. The van der Waals surface area contributed by atoms with Gasteiger partial charge in [-0.1, -0.05) is 18.5 Å². The molecule has 5 heterocycles. The van der Waals surface area contributed by atoms with Gasteiger partial charge in [-0.3, -0.25) is 0 Å². The van der Waals surface area contributed by atoms with Gasteiger partial charge in [0.25, 0.3) is 0 Å². The van der Waals surface area contributed by atoms with Crippen LogP contribution < -0.4 is 10.2 Å². The van der Waals surface area contributed by atoms with Gasteiger partial charge in [0.05, 0.1) is 15.3 Å². The summed E-state index contributed by atoms with van der Waals surface area (Å²) in [7, 11) is 0. The minimum absolute atomic E-state index is 0.556. The number of rotatable bonds is 4. The van der Waals surface area contributed by atoms with Gasteiger partial charge in [0.1, 0.15) is 17.3 Å². The fourth-order valence-electron chi connectivity index (χ4n) is 3.75. The van der Waals surface area contributed by atoms with E-state index in [0.29, 0.717) is 17.1 Å². The Morgan fingerprint density at radius 2 is 2.07 bits per heavy atom. The normalized spacial score (nSPS) is 21.5. The first-order valence-corrected chi connectivity index (χ1v) is 10.3. The SMILES string of the molecule is CCc1[nH]c2nc(Sc3cnc(C)nc3)nc(N3CC4CNC4C3)c2c1Cl. The summed E-state index contributed by atoms with van der Waals surface area (Å²) in [6, 6.07) is 0.556. The molecule has 9 heteroatoms. The molecule has 3 aromatic rings. The molecule has 140 valence electrons. The van der Waals surface area contributed by atoms with Crippen LogP contribution in [-0.4, -0.2) is 50.6 Å². The molecule has 0 aromatic carbocycles. The fraction of sp³-hybridized carbons (Fsp3) is 0.444. The van der Waals surface area contributed by atoms with Crippen LogP contribution in [0.2, 0.25) is 5.02 Å². The van der Waals surface area contributed by atoms with Crippen LogP contribution in [0.25, 0.3) is 11.0 Å². The molecule has 0 radical (unpaired) electrons. The lowest BCUT2D eigenvalue weighted by Crippen LogP contribution is -2.51. The molecule has 2 unspecified atom stereocenters. The minimum atomic E-state index is 0.556. The maximum absolute atomic E-state index is 6.68. The Morgan fingerprint density at radius 1 is 1.26 bits per heavy atom. The van der Waals surface area contributed by atoms with Gasteiger partial charge in [-0.05, 0) is 25.1 Å². The Labute approximate surface area is 166 Å². The van der Waals surface area contributed by atoms with Gasteiger partial charge in [0, 0.05) is 49.7 Å². The van der Waals surface area contributed by atoms with Crippen LogP contribution in [0.3, 0.4) is 0 Å². The van der Waals surface area contributed by atoms with Crippen molar-refractivity contribution in [2.75, 3.05) is 24.5 Å². The van der Waals surface area contributed by atoms with E-state index in [1.54, 1.807) is 12.4 Å². The summed E-state index contributed by atoms with van der Waals surface area (Å²) < 4.78 is 0. The number of nitrogens with zero attached hydrogens (tertiary/aromatic N) is 5. The molecular weight excluding hydrogens is 382 g/mol. The Kier molecular flexibility index (Phi) is 4.22. The van der Waals surface area contributed by atoms with E-state index < -0.39 is 0 Å². The third kappa shape index (κ3) is 2.96. The first-order valence-electron chi connectivity index (χ1n) is 9.15. The molecule has 0 saturated carbocycles. The first-order chi connectivity index (χ1) is 13.1. The van der Waals surface area contributed by atoms with Gasteiger partial charge < -0.3 is 15.2 Å². The van der Waals surface area contributed by atoms with Gasteiger partial charge in [-0.25, -0.2) is 19.9 Å². The molecule has 2 N–H and O–H groups in total. The molecular formula is C18H20ClN7S. The number of fused-ring (bicyclic) bond motifs is 2. The molecule has 3 aromatic heterocycles. The number of nitrogens with one attached hydrogen (secondary N) is 2. The molecule has 5 rings (SSSR count).